The summed E-state index contributed by atoms with van der Waals surface area (Å²) in [5.41, 5.74) is 0. The van der Waals surface area contributed by atoms with E-state index in [0.717, 1.165) is 19.3 Å². The standard InChI is InChI=1S/C19H34O2/c1-3-5-6-7-8-9-10-11-12-13-14-15-16-17-18-19(20)21-4-2/h1H,4-18H2,2H3. The molecule has 0 N–H and O–H groups in total. The van der Waals surface area contributed by atoms with Gasteiger partial charge in [0, 0.05) is 12.8 Å². The molecule has 0 rings (SSSR count). The van der Waals surface area contributed by atoms with Crippen molar-refractivity contribution in [3.63, 3.8) is 0 Å². The Bertz CT molecular complexity index is 265. The Balaban J connectivity index is 3.03. The van der Waals surface area contributed by atoms with Gasteiger partial charge < -0.3 is 4.74 Å². The van der Waals surface area contributed by atoms with Gasteiger partial charge in [-0.3, -0.25) is 4.79 Å². The van der Waals surface area contributed by atoms with Gasteiger partial charge in [-0.25, -0.2) is 0 Å². The molecule has 0 amide bonds. The average Bonchev–Trinajstić information content (AvgIpc) is 2.48. The minimum Gasteiger partial charge on any atom is -0.466 e. The average molecular weight is 294 g/mol. The third-order valence-corrected chi connectivity index (χ3v) is 3.76. The zero-order valence-corrected chi connectivity index (χ0v) is 14.0. The van der Waals surface area contributed by atoms with Crippen LogP contribution in [0.4, 0.5) is 0 Å². The Labute approximate surface area is 132 Å². The second-order valence-electron chi connectivity index (χ2n) is 5.75. The summed E-state index contributed by atoms with van der Waals surface area (Å²) in [7, 11) is 0. The summed E-state index contributed by atoms with van der Waals surface area (Å²) in [5.74, 6) is 2.65. The largest absolute Gasteiger partial charge is 0.466 e. The predicted molar refractivity (Wildman–Crippen MR) is 90.1 cm³/mol. The van der Waals surface area contributed by atoms with E-state index in [4.69, 9.17) is 11.2 Å². The van der Waals surface area contributed by atoms with Crippen LogP contribution in [0.25, 0.3) is 0 Å². The first-order valence-corrected chi connectivity index (χ1v) is 8.90. The molecule has 0 bridgehead atoms. The highest BCUT2D eigenvalue weighted by atomic mass is 16.5. The maximum absolute atomic E-state index is 11.1. The molecule has 0 aliphatic rings. The highest BCUT2D eigenvalue weighted by Crippen LogP contribution is 2.13. The third-order valence-electron chi connectivity index (χ3n) is 3.76. The van der Waals surface area contributed by atoms with Gasteiger partial charge in [-0.1, -0.05) is 64.2 Å². The zero-order chi connectivity index (χ0) is 15.6. The van der Waals surface area contributed by atoms with Crippen molar-refractivity contribution in [2.45, 2.75) is 96.8 Å². The van der Waals surface area contributed by atoms with Crippen molar-refractivity contribution in [2.75, 3.05) is 6.61 Å². The topological polar surface area (TPSA) is 26.3 Å². The van der Waals surface area contributed by atoms with E-state index in [9.17, 15) is 4.79 Å². The maximum atomic E-state index is 11.1. The summed E-state index contributed by atoms with van der Waals surface area (Å²) in [6.07, 6.45) is 22.1. The SMILES string of the molecule is C#CCCCCCCCCCCCCCCC(=O)OCC. The first kappa shape index (κ1) is 20.0. The van der Waals surface area contributed by atoms with Gasteiger partial charge in [-0.05, 0) is 19.8 Å². The van der Waals surface area contributed by atoms with Gasteiger partial charge in [0.1, 0.15) is 0 Å². The molecular weight excluding hydrogens is 260 g/mol. The fraction of sp³-hybridized carbons (Fsp3) is 0.842. The van der Waals surface area contributed by atoms with Crippen molar-refractivity contribution in [1.29, 1.82) is 0 Å². The minimum absolute atomic E-state index is 0.0419. The van der Waals surface area contributed by atoms with Crippen LogP contribution in [-0.2, 0) is 9.53 Å². The molecule has 0 unspecified atom stereocenters. The molecule has 0 saturated carbocycles. The second kappa shape index (κ2) is 17.1. The molecule has 0 aliphatic carbocycles. The lowest BCUT2D eigenvalue weighted by molar-refractivity contribution is -0.143. The molecule has 0 fully saturated rings. The van der Waals surface area contributed by atoms with Gasteiger partial charge in [0.2, 0.25) is 0 Å². The summed E-state index contributed by atoms with van der Waals surface area (Å²) >= 11 is 0. The van der Waals surface area contributed by atoms with Gasteiger partial charge >= 0.3 is 5.97 Å². The smallest absolute Gasteiger partial charge is 0.305 e. The second-order valence-corrected chi connectivity index (χ2v) is 5.75. The van der Waals surface area contributed by atoms with Gasteiger partial charge in [0.25, 0.3) is 0 Å². The summed E-state index contributed by atoms with van der Waals surface area (Å²) in [6.45, 7) is 2.36. The van der Waals surface area contributed by atoms with Gasteiger partial charge in [-0.2, -0.15) is 0 Å². The molecule has 0 atom stereocenters. The maximum Gasteiger partial charge on any atom is 0.305 e. The van der Waals surface area contributed by atoms with Crippen LogP contribution in [0.5, 0.6) is 0 Å². The van der Waals surface area contributed by atoms with Crippen LogP contribution < -0.4 is 0 Å². The van der Waals surface area contributed by atoms with Crippen LogP contribution in [0.15, 0.2) is 0 Å². The van der Waals surface area contributed by atoms with Crippen molar-refractivity contribution >= 4 is 5.97 Å². The number of unbranched alkanes of at least 4 members (excludes halogenated alkanes) is 12. The molecule has 0 aromatic heterocycles. The molecule has 122 valence electrons. The van der Waals surface area contributed by atoms with E-state index in [1.807, 2.05) is 6.92 Å². The summed E-state index contributed by atoms with van der Waals surface area (Å²) in [4.78, 5) is 11.1. The van der Waals surface area contributed by atoms with Gasteiger partial charge in [0.05, 0.1) is 6.61 Å². The monoisotopic (exact) mass is 294 g/mol. The number of carbonyl (C=O) groups is 1. The van der Waals surface area contributed by atoms with Gasteiger partial charge in [-0.15, -0.1) is 12.3 Å². The number of ether oxygens (including phenoxy) is 1. The van der Waals surface area contributed by atoms with E-state index >= 15 is 0 Å². The molecule has 0 radical (unpaired) electrons. The fourth-order valence-electron chi connectivity index (χ4n) is 2.50. The number of rotatable bonds is 15. The van der Waals surface area contributed by atoms with Crippen LogP contribution >= 0.6 is 0 Å². The van der Waals surface area contributed by atoms with E-state index in [-0.39, 0.29) is 5.97 Å². The number of carbonyl (C=O) groups excluding carboxylic acids is 1. The van der Waals surface area contributed by atoms with E-state index in [0.29, 0.717) is 13.0 Å². The van der Waals surface area contributed by atoms with Crippen molar-refractivity contribution in [3.05, 3.63) is 0 Å². The van der Waals surface area contributed by atoms with Crippen molar-refractivity contribution < 1.29 is 9.53 Å². The lowest BCUT2D eigenvalue weighted by atomic mass is 10.0. The number of terminal acetylenes is 1. The molecule has 2 nitrogen and oxygen atoms in total. The Hall–Kier alpha value is -0.970. The van der Waals surface area contributed by atoms with E-state index in [1.54, 1.807) is 0 Å². The quantitative estimate of drug-likeness (QED) is 0.222. The van der Waals surface area contributed by atoms with E-state index < -0.39 is 0 Å². The molecule has 0 saturated heterocycles. The Kier molecular flexibility index (Phi) is 16.3. The van der Waals surface area contributed by atoms with Crippen LogP contribution in [0.2, 0.25) is 0 Å². The van der Waals surface area contributed by atoms with Crippen LogP contribution in [-0.4, -0.2) is 12.6 Å². The molecule has 21 heavy (non-hydrogen) atoms. The molecule has 0 spiro atoms. The normalized spacial score (nSPS) is 10.3. The molecule has 0 aromatic carbocycles. The lowest BCUT2D eigenvalue weighted by Crippen LogP contribution is -2.03. The highest BCUT2D eigenvalue weighted by Gasteiger charge is 2.00. The summed E-state index contributed by atoms with van der Waals surface area (Å²) in [6, 6.07) is 0. The Morgan fingerprint density at radius 1 is 0.810 bits per heavy atom. The Morgan fingerprint density at radius 2 is 1.24 bits per heavy atom. The van der Waals surface area contributed by atoms with Crippen molar-refractivity contribution in [1.82, 2.24) is 0 Å². The van der Waals surface area contributed by atoms with Crippen LogP contribution in [0.1, 0.15) is 96.8 Å². The Morgan fingerprint density at radius 3 is 1.67 bits per heavy atom. The minimum atomic E-state index is -0.0419. The number of hydrogen-bond donors (Lipinski definition) is 0. The van der Waals surface area contributed by atoms with E-state index in [2.05, 4.69) is 5.92 Å². The lowest BCUT2D eigenvalue weighted by Gasteiger charge is -2.03. The molecule has 2 heteroatoms. The summed E-state index contributed by atoms with van der Waals surface area (Å²) < 4.78 is 4.91. The molecule has 0 heterocycles. The molecule has 0 aliphatic heterocycles. The summed E-state index contributed by atoms with van der Waals surface area (Å²) in [5, 5.41) is 0. The molecular formula is C19H34O2. The molecule has 0 aromatic rings. The van der Waals surface area contributed by atoms with Crippen molar-refractivity contribution in [2.24, 2.45) is 0 Å². The van der Waals surface area contributed by atoms with E-state index in [1.165, 1.54) is 64.2 Å². The predicted octanol–water partition coefficient (Wildman–Crippen LogP) is 5.64. The first-order valence-electron chi connectivity index (χ1n) is 8.90. The third kappa shape index (κ3) is 17.0. The first-order chi connectivity index (χ1) is 10.3. The highest BCUT2D eigenvalue weighted by molar-refractivity contribution is 5.69. The fourth-order valence-corrected chi connectivity index (χ4v) is 2.50. The number of hydrogen-bond acceptors (Lipinski definition) is 2. The number of esters is 1. The zero-order valence-electron chi connectivity index (χ0n) is 14.0. The van der Waals surface area contributed by atoms with Gasteiger partial charge in [0.15, 0.2) is 0 Å². The van der Waals surface area contributed by atoms with Crippen LogP contribution in [0, 0.1) is 12.3 Å². The van der Waals surface area contributed by atoms with Crippen molar-refractivity contribution in [3.8, 4) is 12.3 Å². The van der Waals surface area contributed by atoms with Crippen LogP contribution in [0.3, 0.4) is 0 Å².